The van der Waals surface area contributed by atoms with Gasteiger partial charge in [-0.05, 0) is 12.8 Å². The summed E-state index contributed by atoms with van der Waals surface area (Å²) in [6.45, 7) is 0. The second-order valence-corrected chi connectivity index (χ2v) is 4.96. The molecule has 1 saturated carbocycles. The van der Waals surface area contributed by atoms with E-state index < -0.39 is 28.1 Å². The van der Waals surface area contributed by atoms with Gasteiger partial charge < -0.3 is 4.98 Å². The Kier molecular flexibility index (Phi) is 3.75. The Balaban J connectivity index is 2.56. The van der Waals surface area contributed by atoms with Gasteiger partial charge in [0.15, 0.2) is 0 Å². The number of nitrogens with zero attached hydrogens (tertiary/aromatic N) is 1. The first kappa shape index (κ1) is 14.2. The predicted octanol–water partition coefficient (Wildman–Crippen LogP) is 2.71. The summed E-state index contributed by atoms with van der Waals surface area (Å²) in [5, 5.41) is -0.974. The van der Waals surface area contributed by atoms with Crippen molar-refractivity contribution in [3.05, 3.63) is 31.6 Å². The molecule has 0 aromatic carbocycles. The van der Waals surface area contributed by atoms with Crippen molar-refractivity contribution in [1.29, 1.82) is 0 Å². The van der Waals surface area contributed by atoms with Crippen molar-refractivity contribution in [2.24, 2.45) is 0 Å². The van der Waals surface area contributed by atoms with E-state index in [1.54, 1.807) is 4.98 Å². The van der Waals surface area contributed by atoms with Gasteiger partial charge in [0.25, 0.3) is 5.56 Å². The summed E-state index contributed by atoms with van der Waals surface area (Å²) in [5.74, 6) is 0. The van der Waals surface area contributed by atoms with Crippen molar-refractivity contribution in [3.63, 3.8) is 0 Å². The van der Waals surface area contributed by atoms with E-state index in [0.717, 1.165) is 23.8 Å². The maximum atomic E-state index is 12.6. The first-order valence-electron chi connectivity index (χ1n) is 5.94. The molecule has 0 radical (unpaired) electrons. The minimum absolute atomic E-state index is 0.371. The van der Waals surface area contributed by atoms with Gasteiger partial charge in [0.1, 0.15) is 10.7 Å². The lowest BCUT2D eigenvalue weighted by molar-refractivity contribution is -0.141. The molecule has 1 aromatic heterocycles. The van der Waals surface area contributed by atoms with E-state index in [1.807, 2.05) is 0 Å². The van der Waals surface area contributed by atoms with Crippen molar-refractivity contribution in [3.8, 4) is 0 Å². The Morgan fingerprint density at radius 2 is 1.74 bits per heavy atom. The zero-order valence-corrected chi connectivity index (χ0v) is 10.6. The van der Waals surface area contributed by atoms with Crippen molar-refractivity contribution in [1.82, 2.24) is 9.55 Å². The van der Waals surface area contributed by atoms with Gasteiger partial charge in [0.2, 0.25) is 0 Å². The van der Waals surface area contributed by atoms with Crippen LogP contribution in [0.25, 0.3) is 0 Å². The molecule has 0 aliphatic heterocycles. The molecule has 8 heteroatoms. The lowest BCUT2D eigenvalue weighted by atomic mass is 9.95. The molecule has 19 heavy (non-hydrogen) atoms. The Hall–Kier alpha value is -1.24. The Morgan fingerprint density at radius 1 is 1.16 bits per heavy atom. The number of nitrogens with one attached hydrogen (secondary N) is 1. The van der Waals surface area contributed by atoms with Crippen molar-refractivity contribution in [2.75, 3.05) is 0 Å². The third-order valence-electron chi connectivity index (χ3n) is 3.30. The van der Waals surface area contributed by atoms with E-state index in [0.29, 0.717) is 12.8 Å². The molecule has 1 heterocycles. The molecule has 0 unspecified atom stereocenters. The van der Waals surface area contributed by atoms with Gasteiger partial charge in [-0.1, -0.05) is 30.9 Å². The standard InChI is InChI=1S/C11H12ClF3N2O2/c12-7-8(11(13,14)15)16-10(19)17(9(7)18)6-4-2-1-3-5-6/h6H,1-5H2,(H,16,19). The number of aromatic nitrogens is 2. The van der Waals surface area contributed by atoms with Crippen molar-refractivity contribution >= 4 is 11.6 Å². The van der Waals surface area contributed by atoms with Crippen LogP contribution in [0.1, 0.15) is 43.8 Å². The highest BCUT2D eigenvalue weighted by Gasteiger charge is 2.37. The van der Waals surface area contributed by atoms with Crippen LogP contribution in [0, 0.1) is 0 Å². The van der Waals surface area contributed by atoms with Crippen LogP contribution in [0.15, 0.2) is 9.59 Å². The number of halogens is 4. The highest BCUT2D eigenvalue weighted by Crippen LogP contribution is 2.31. The Morgan fingerprint density at radius 3 is 2.26 bits per heavy atom. The minimum atomic E-state index is -4.85. The molecular weight excluding hydrogens is 285 g/mol. The molecule has 1 fully saturated rings. The number of alkyl halides is 3. The molecule has 1 aliphatic rings. The van der Waals surface area contributed by atoms with Gasteiger partial charge >= 0.3 is 11.9 Å². The lowest BCUT2D eigenvalue weighted by Gasteiger charge is -2.23. The van der Waals surface area contributed by atoms with Gasteiger partial charge in [-0.15, -0.1) is 0 Å². The third-order valence-corrected chi connectivity index (χ3v) is 3.65. The van der Waals surface area contributed by atoms with E-state index in [1.165, 1.54) is 0 Å². The predicted molar refractivity (Wildman–Crippen MR) is 63.5 cm³/mol. The molecule has 0 bridgehead atoms. The first-order valence-corrected chi connectivity index (χ1v) is 6.31. The van der Waals surface area contributed by atoms with Crippen LogP contribution in [0.2, 0.25) is 5.02 Å². The summed E-state index contributed by atoms with van der Waals surface area (Å²) < 4.78 is 38.6. The molecular formula is C11H12ClF3N2O2. The third kappa shape index (κ3) is 2.70. The molecule has 1 aromatic rings. The number of aromatic amines is 1. The summed E-state index contributed by atoms with van der Waals surface area (Å²) in [6.07, 6.45) is -0.960. The molecule has 0 spiro atoms. The molecule has 106 valence electrons. The summed E-state index contributed by atoms with van der Waals surface area (Å²) in [7, 11) is 0. The van der Waals surface area contributed by atoms with E-state index in [-0.39, 0.29) is 6.04 Å². The first-order chi connectivity index (χ1) is 8.82. The SMILES string of the molecule is O=c1[nH]c(C(F)(F)F)c(Cl)c(=O)n1C1CCCCC1. The fourth-order valence-corrected chi connectivity index (χ4v) is 2.64. The summed E-state index contributed by atoms with van der Waals surface area (Å²) >= 11 is 5.45. The topological polar surface area (TPSA) is 54.9 Å². The molecule has 0 amide bonds. The highest BCUT2D eigenvalue weighted by molar-refractivity contribution is 6.31. The highest BCUT2D eigenvalue weighted by atomic mass is 35.5. The lowest BCUT2D eigenvalue weighted by Crippen LogP contribution is -2.41. The van der Waals surface area contributed by atoms with E-state index in [9.17, 15) is 22.8 Å². The van der Waals surface area contributed by atoms with E-state index >= 15 is 0 Å². The normalized spacial score (nSPS) is 17.7. The zero-order chi connectivity index (χ0) is 14.2. The summed E-state index contributed by atoms with van der Waals surface area (Å²) in [5.41, 5.74) is -3.59. The van der Waals surface area contributed by atoms with Crippen molar-refractivity contribution < 1.29 is 13.2 Å². The van der Waals surface area contributed by atoms with Gasteiger partial charge in [-0.25, -0.2) is 4.79 Å². The van der Waals surface area contributed by atoms with Crippen LogP contribution < -0.4 is 11.2 Å². The van der Waals surface area contributed by atoms with E-state index in [2.05, 4.69) is 0 Å². The Bertz CT molecular complexity index is 585. The second kappa shape index (κ2) is 5.03. The van der Waals surface area contributed by atoms with Crippen LogP contribution >= 0.6 is 11.6 Å². The molecule has 0 saturated heterocycles. The van der Waals surface area contributed by atoms with Crippen LogP contribution in [0.5, 0.6) is 0 Å². The van der Waals surface area contributed by atoms with Gasteiger partial charge in [0, 0.05) is 6.04 Å². The fraction of sp³-hybridized carbons (Fsp3) is 0.636. The van der Waals surface area contributed by atoms with Crippen LogP contribution in [0.3, 0.4) is 0 Å². The zero-order valence-electron chi connectivity index (χ0n) is 9.89. The monoisotopic (exact) mass is 296 g/mol. The van der Waals surface area contributed by atoms with Gasteiger partial charge in [-0.3, -0.25) is 9.36 Å². The molecule has 1 N–H and O–H groups in total. The van der Waals surface area contributed by atoms with Crippen LogP contribution in [-0.2, 0) is 6.18 Å². The van der Waals surface area contributed by atoms with Crippen LogP contribution in [-0.4, -0.2) is 9.55 Å². The molecule has 1 aliphatic carbocycles. The van der Waals surface area contributed by atoms with Crippen molar-refractivity contribution in [2.45, 2.75) is 44.3 Å². The maximum absolute atomic E-state index is 12.6. The summed E-state index contributed by atoms with van der Waals surface area (Å²) in [6, 6.07) is -0.371. The maximum Gasteiger partial charge on any atom is 0.433 e. The molecule has 2 rings (SSSR count). The molecule has 0 atom stereocenters. The van der Waals surface area contributed by atoms with Gasteiger partial charge in [0.05, 0.1) is 0 Å². The number of H-pyrrole nitrogens is 1. The number of hydrogen-bond acceptors (Lipinski definition) is 2. The average Bonchev–Trinajstić information content (AvgIpc) is 2.34. The minimum Gasteiger partial charge on any atom is -0.302 e. The smallest absolute Gasteiger partial charge is 0.302 e. The average molecular weight is 297 g/mol. The molecule has 4 nitrogen and oxygen atoms in total. The quantitative estimate of drug-likeness (QED) is 0.866. The second-order valence-electron chi connectivity index (χ2n) is 4.58. The summed E-state index contributed by atoms with van der Waals surface area (Å²) in [4.78, 5) is 25.2. The fourth-order valence-electron chi connectivity index (χ4n) is 2.39. The Labute approximate surface area is 111 Å². The number of hydrogen-bond donors (Lipinski definition) is 1. The van der Waals surface area contributed by atoms with Crippen LogP contribution in [0.4, 0.5) is 13.2 Å². The van der Waals surface area contributed by atoms with Gasteiger partial charge in [-0.2, -0.15) is 13.2 Å². The largest absolute Gasteiger partial charge is 0.433 e. The van der Waals surface area contributed by atoms with E-state index in [4.69, 9.17) is 11.6 Å². The number of rotatable bonds is 1.